The molecule has 2 rings (SSSR count). The van der Waals surface area contributed by atoms with Gasteiger partial charge in [-0.2, -0.15) is 0 Å². The molecule has 1 aromatic rings. The molecule has 2 atom stereocenters. The number of aryl methyl sites for hydroxylation is 1. The molecule has 0 aromatic heterocycles. The monoisotopic (exact) mass is 239 g/mol. The van der Waals surface area contributed by atoms with Gasteiger partial charge in [0.25, 0.3) is 0 Å². The summed E-state index contributed by atoms with van der Waals surface area (Å²) in [6, 6.07) is 5.87. The van der Waals surface area contributed by atoms with E-state index in [0.717, 1.165) is 29.1 Å². The fourth-order valence-electron chi connectivity index (χ4n) is 2.34. The number of piperidine rings is 1. The average Bonchev–Trinajstić information content (AvgIpc) is 2.29. The number of rotatable bonds is 2. The molecule has 16 heavy (non-hydrogen) atoms. The van der Waals surface area contributed by atoms with Gasteiger partial charge in [0.05, 0.1) is 6.10 Å². The molecule has 1 aromatic carbocycles. The zero-order valence-corrected chi connectivity index (χ0v) is 10.3. The Kier molecular flexibility index (Phi) is 3.85. The second-order valence-electron chi connectivity index (χ2n) is 4.50. The van der Waals surface area contributed by atoms with Crippen LogP contribution in [0.15, 0.2) is 18.2 Å². The van der Waals surface area contributed by atoms with Crippen LogP contribution in [0.25, 0.3) is 0 Å². The molecule has 0 amide bonds. The number of nitrogens with one attached hydrogen (secondary N) is 1. The molecule has 1 aliphatic heterocycles. The van der Waals surface area contributed by atoms with Crippen LogP contribution in [0.2, 0.25) is 5.02 Å². The van der Waals surface area contributed by atoms with Gasteiger partial charge < -0.3 is 10.4 Å². The van der Waals surface area contributed by atoms with E-state index in [4.69, 9.17) is 11.6 Å². The lowest BCUT2D eigenvalue weighted by molar-refractivity contribution is 0.113. The molecule has 2 N–H and O–H groups in total. The van der Waals surface area contributed by atoms with Gasteiger partial charge in [-0.25, -0.2) is 0 Å². The molecular formula is C13H18ClNO. The fraction of sp³-hybridized carbons (Fsp3) is 0.538. The normalized spacial score (nSPS) is 23.1. The Morgan fingerprint density at radius 1 is 1.44 bits per heavy atom. The van der Waals surface area contributed by atoms with Crippen molar-refractivity contribution in [2.75, 3.05) is 6.54 Å². The topological polar surface area (TPSA) is 32.3 Å². The molecule has 0 radical (unpaired) electrons. The van der Waals surface area contributed by atoms with Crippen molar-refractivity contribution in [2.45, 2.75) is 38.3 Å². The number of aliphatic hydroxyl groups is 1. The second kappa shape index (κ2) is 5.17. The number of aliphatic hydroxyl groups excluding tert-OH is 1. The van der Waals surface area contributed by atoms with E-state index in [-0.39, 0.29) is 6.04 Å². The lowest BCUT2D eigenvalue weighted by Gasteiger charge is -2.29. The highest BCUT2D eigenvalue weighted by atomic mass is 35.5. The lowest BCUT2D eigenvalue weighted by atomic mass is 9.92. The summed E-state index contributed by atoms with van der Waals surface area (Å²) in [5.41, 5.74) is 2.05. The summed E-state index contributed by atoms with van der Waals surface area (Å²) in [4.78, 5) is 0. The van der Waals surface area contributed by atoms with Crippen molar-refractivity contribution in [1.29, 1.82) is 0 Å². The zero-order chi connectivity index (χ0) is 11.5. The lowest BCUT2D eigenvalue weighted by Crippen LogP contribution is -2.39. The molecule has 1 aliphatic rings. The van der Waals surface area contributed by atoms with E-state index in [1.54, 1.807) is 0 Å². The van der Waals surface area contributed by atoms with Gasteiger partial charge in [-0.05, 0) is 49.6 Å². The molecule has 0 spiro atoms. The zero-order valence-electron chi connectivity index (χ0n) is 9.54. The molecular weight excluding hydrogens is 222 g/mol. The predicted octanol–water partition coefficient (Wildman–Crippen LogP) is 2.82. The summed E-state index contributed by atoms with van der Waals surface area (Å²) in [5.74, 6) is 0. The molecule has 0 aliphatic carbocycles. The first-order valence-corrected chi connectivity index (χ1v) is 6.24. The molecule has 2 nitrogen and oxygen atoms in total. The number of hydrogen-bond donors (Lipinski definition) is 2. The molecule has 1 saturated heterocycles. The molecule has 1 heterocycles. The summed E-state index contributed by atoms with van der Waals surface area (Å²) < 4.78 is 0. The van der Waals surface area contributed by atoms with Crippen LogP contribution in [0.4, 0.5) is 0 Å². The van der Waals surface area contributed by atoms with E-state index in [9.17, 15) is 5.11 Å². The summed E-state index contributed by atoms with van der Waals surface area (Å²) in [6.45, 7) is 3.00. The van der Waals surface area contributed by atoms with Gasteiger partial charge >= 0.3 is 0 Å². The molecule has 88 valence electrons. The Bertz CT molecular complexity index is 361. The maximum atomic E-state index is 10.3. The van der Waals surface area contributed by atoms with Crippen LogP contribution in [-0.2, 0) is 0 Å². The highest BCUT2D eigenvalue weighted by Crippen LogP contribution is 2.26. The van der Waals surface area contributed by atoms with E-state index in [0.29, 0.717) is 0 Å². The fourth-order valence-corrected chi connectivity index (χ4v) is 2.56. The molecule has 1 fully saturated rings. The molecule has 0 saturated carbocycles. The SMILES string of the molecule is Cc1cc(Cl)ccc1C(O)C1CCCCN1. The predicted molar refractivity (Wildman–Crippen MR) is 66.8 cm³/mol. The van der Waals surface area contributed by atoms with E-state index < -0.39 is 6.10 Å². The van der Waals surface area contributed by atoms with Gasteiger partial charge in [0.2, 0.25) is 0 Å². The third kappa shape index (κ3) is 2.57. The molecule has 0 bridgehead atoms. The quantitative estimate of drug-likeness (QED) is 0.832. The maximum Gasteiger partial charge on any atom is 0.0945 e. The van der Waals surface area contributed by atoms with Crippen LogP contribution in [-0.4, -0.2) is 17.7 Å². The Morgan fingerprint density at radius 2 is 2.25 bits per heavy atom. The minimum Gasteiger partial charge on any atom is -0.387 e. The standard InChI is InChI=1S/C13H18ClNO/c1-9-8-10(14)5-6-11(9)13(16)12-4-2-3-7-15-12/h5-6,8,12-13,15-16H,2-4,7H2,1H3. The minimum absolute atomic E-state index is 0.189. The minimum atomic E-state index is -0.419. The highest BCUT2D eigenvalue weighted by Gasteiger charge is 2.23. The van der Waals surface area contributed by atoms with Crippen LogP contribution in [0, 0.1) is 6.92 Å². The first-order chi connectivity index (χ1) is 7.68. The number of halogens is 1. The second-order valence-corrected chi connectivity index (χ2v) is 4.94. The first-order valence-electron chi connectivity index (χ1n) is 5.86. The van der Waals surface area contributed by atoms with Crippen LogP contribution >= 0.6 is 11.6 Å². The van der Waals surface area contributed by atoms with Crippen molar-refractivity contribution < 1.29 is 5.11 Å². The molecule has 3 heteroatoms. The van der Waals surface area contributed by atoms with Crippen molar-refractivity contribution in [3.05, 3.63) is 34.3 Å². The van der Waals surface area contributed by atoms with E-state index in [2.05, 4.69) is 5.32 Å². The summed E-state index contributed by atoms with van der Waals surface area (Å²) >= 11 is 5.91. The van der Waals surface area contributed by atoms with Crippen LogP contribution < -0.4 is 5.32 Å². The summed E-state index contributed by atoms with van der Waals surface area (Å²) in [6.07, 6.45) is 3.03. The van der Waals surface area contributed by atoms with E-state index in [1.165, 1.54) is 12.8 Å². The van der Waals surface area contributed by atoms with E-state index in [1.807, 2.05) is 25.1 Å². The Balaban J connectivity index is 2.15. The van der Waals surface area contributed by atoms with Gasteiger partial charge in [-0.1, -0.05) is 24.1 Å². The maximum absolute atomic E-state index is 10.3. The molecule has 2 unspecified atom stereocenters. The Hall–Kier alpha value is -0.570. The smallest absolute Gasteiger partial charge is 0.0945 e. The third-order valence-electron chi connectivity index (χ3n) is 3.28. The van der Waals surface area contributed by atoms with Crippen molar-refractivity contribution in [3.63, 3.8) is 0 Å². The van der Waals surface area contributed by atoms with E-state index >= 15 is 0 Å². The van der Waals surface area contributed by atoms with Crippen molar-refractivity contribution in [3.8, 4) is 0 Å². The number of hydrogen-bond acceptors (Lipinski definition) is 2. The first kappa shape index (κ1) is 11.9. The Labute approximate surface area is 102 Å². The van der Waals surface area contributed by atoms with Gasteiger partial charge in [0, 0.05) is 11.1 Å². The summed E-state index contributed by atoms with van der Waals surface area (Å²) in [7, 11) is 0. The Morgan fingerprint density at radius 3 is 2.88 bits per heavy atom. The van der Waals surface area contributed by atoms with Gasteiger partial charge in [-0.15, -0.1) is 0 Å². The van der Waals surface area contributed by atoms with Crippen LogP contribution in [0.1, 0.15) is 36.5 Å². The van der Waals surface area contributed by atoms with Crippen molar-refractivity contribution in [1.82, 2.24) is 5.32 Å². The third-order valence-corrected chi connectivity index (χ3v) is 3.52. The average molecular weight is 240 g/mol. The van der Waals surface area contributed by atoms with Crippen LogP contribution in [0.5, 0.6) is 0 Å². The largest absolute Gasteiger partial charge is 0.387 e. The summed E-state index contributed by atoms with van der Waals surface area (Å²) in [5, 5.41) is 14.4. The van der Waals surface area contributed by atoms with Gasteiger partial charge in [0.15, 0.2) is 0 Å². The van der Waals surface area contributed by atoms with Crippen molar-refractivity contribution >= 4 is 11.6 Å². The van der Waals surface area contributed by atoms with Crippen molar-refractivity contribution in [2.24, 2.45) is 0 Å². The van der Waals surface area contributed by atoms with Gasteiger partial charge in [-0.3, -0.25) is 0 Å². The number of benzene rings is 1. The highest BCUT2D eigenvalue weighted by molar-refractivity contribution is 6.30. The van der Waals surface area contributed by atoms with Crippen LogP contribution in [0.3, 0.4) is 0 Å². The van der Waals surface area contributed by atoms with Gasteiger partial charge in [0.1, 0.15) is 0 Å².